The smallest absolute Gasteiger partial charge is 0.168 e. The fraction of sp³-hybridized carbons (Fsp3) is 0.412. The molecular weight excluding hydrogens is 375 g/mol. The highest BCUT2D eigenvalue weighted by Gasteiger charge is 2.17. The number of nitrogens with zero attached hydrogens (tertiary/aromatic N) is 2. The lowest BCUT2D eigenvalue weighted by molar-refractivity contribution is 0.0991. The second-order valence-corrected chi connectivity index (χ2v) is 6.93. The van der Waals surface area contributed by atoms with Crippen LogP contribution in [0.5, 0.6) is 0 Å². The molecule has 1 aromatic carbocycles. The van der Waals surface area contributed by atoms with Crippen molar-refractivity contribution in [3.63, 3.8) is 0 Å². The van der Waals surface area contributed by atoms with Gasteiger partial charge in [-0.15, -0.1) is 0 Å². The highest BCUT2D eigenvalue weighted by Crippen LogP contribution is 2.27. The van der Waals surface area contributed by atoms with Crippen molar-refractivity contribution in [3.8, 4) is 0 Å². The molecule has 1 heterocycles. The van der Waals surface area contributed by atoms with Crippen LogP contribution in [-0.4, -0.2) is 15.6 Å². The minimum Gasteiger partial charge on any atom is -0.294 e. The Hall–Kier alpha value is -1.17. The Kier molecular flexibility index (Phi) is 4.73. The molecule has 1 aliphatic rings. The van der Waals surface area contributed by atoms with Crippen molar-refractivity contribution in [2.45, 2.75) is 44.6 Å². The van der Waals surface area contributed by atoms with E-state index < -0.39 is 0 Å². The number of carbonyl (C=O) groups excluding carboxylic acids is 1. The van der Waals surface area contributed by atoms with Gasteiger partial charge in [-0.1, -0.05) is 31.4 Å². The van der Waals surface area contributed by atoms with Crippen molar-refractivity contribution < 1.29 is 4.79 Å². The topological polar surface area (TPSA) is 34.9 Å². The fourth-order valence-corrected chi connectivity index (χ4v) is 3.28. The van der Waals surface area contributed by atoms with Crippen LogP contribution >= 0.6 is 22.6 Å². The van der Waals surface area contributed by atoms with E-state index in [1.54, 1.807) is 0 Å². The molecule has 1 aromatic heterocycles. The summed E-state index contributed by atoms with van der Waals surface area (Å²) >= 11 is 2.24. The van der Waals surface area contributed by atoms with Gasteiger partial charge in [-0.05, 0) is 53.6 Å². The molecule has 4 heteroatoms. The van der Waals surface area contributed by atoms with E-state index in [4.69, 9.17) is 0 Å². The lowest BCUT2D eigenvalue weighted by atomic mass is 9.96. The summed E-state index contributed by atoms with van der Waals surface area (Å²) in [4.78, 5) is 12.3. The van der Waals surface area contributed by atoms with Crippen molar-refractivity contribution in [2.24, 2.45) is 0 Å². The van der Waals surface area contributed by atoms with Crippen molar-refractivity contribution in [2.75, 3.05) is 0 Å². The first-order chi connectivity index (χ1) is 10.2. The molecule has 1 saturated carbocycles. The molecule has 1 aliphatic carbocycles. The summed E-state index contributed by atoms with van der Waals surface area (Å²) in [5, 5.41) is 4.61. The third-order valence-electron chi connectivity index (χ3n) is 4.12. The van der Waals surface area contributed by atoms with Crippen molar-refractivity contribution >= 4 is 28.4 Å². The van der Waals surface area contributed by atoms with E-state index >= 15 is 0 Å². The number of aromatic nitrogens is 2. The van der Waals surface area contributed by atoms with Crippen molar-refractivity contribution in [1.29, 1.82) is 0 Å². The molecule has 3 nitrogen and oxygen atoms in total. The molecule has 21 heavy (non-hydrogen) atoms. The minimum absolute atomic E-state index is 0.139. The average Bonchev–Trinajstić information content (AvgIpc) is 2.97. The Morgan fingerprint density at radius 2 is 1.86 bits per heavy atom. The zero-order valence-corrected chi connectivity index (χ0v) is 14.1. The Morgan fingerprint density at radius 3 is 2.57 bits per heavy atom. The lowest BCUT2D eigenvalue weighted by Crippen LogP contribution is -2.14. The first kappa shape index (κ1) is 14.8. The van der Waals surface area contributed by atoms with Crippen LogP contribution in [0.3, 0.4) is 0 Å². The van der Waals surface area contributed by atoms with Gasteiger partial charge in [0.15, 0.2) is 5.78 Å². The van der Waals surface area contributed by atoms with Crippen LogP contribution in [-0.2, 0) is 6.42 Å². The number of rotatable bonds is 4. The monoisotopic (exact) mass is 394 g/mol. The summed E-state index contributed by atoms with van der Waals surface area (Å²) in [7, 11) is 0. The maximum absolute atomic E-state index is 12.3. The Morgan fingerprint density at radius 1 is 1.14 bits per heavy atom. The number of hydrogen-bond acceptors (Lipinski definition) is 2. The van der Waals surface area contributed by atoms with Gasteiger partial charge in [0, 0.05) is 15.3 Å². The summed E-state index contributed by atoms with van der Waals surface area (Å²) < 4.78 is 3.21. The van der Waals surface area contributed by atoms with E-state index in [0.717, 1.165) is 14.8 Å². The number of ketones is 1. The average molecular weight is 394 g/mol. The third kappa shape index (κ3) is 3.73. The number of carbonyl (C=O) groups is 1. The van der Waals surface area contributed by atoms with Gasteiger partial charge < -0.3 is 0 Å². The quantitative estimate of drug-likeness (QED) is 0.569. The van der Waals surface area contributed by atoms with Crippen molar-refractivity contribution in [1.82, 2.24) is 9.78 Å². The molecule has 0 amide bonds. The van der Waals surface area contributed by atoms with E-state index in [0.29, 0.717) is 12.5 Å². The van der Waals surface area contributed by atoms with Crippen LogP contribution in [0.4, 0.5) is 0 Å². The maximum atomic E-state index is 12.3. The predicted octanol–water partition coefficient (Wildman–Crippen LogP) is 4.42. The SMILES string of the molecule is O=C(Cc1ccn(C2CCCCC2)n1)c1ccc(I)cc1. The van der Waals surface area contributed by atoms with E-state index in [1.165, 1.54) is 32.1 Å². The normalized spacial score (nSPS) is 16.0. The predicted molar refractivity (Wildman–Crippen MR) is 91.5 cm³/mol. The number of benzene rings is 1. The summed E-state index contributed by atoms with van der Waals surface area (Å²) in [6.07, 6.45) is 8.78. The molecule has 0 unspecified atom stereocenters. The van der Waals surface area contributed by atoms with Crippen molar-refractivity contribution in [3.05, 3.63) is 51.4 Å². The molecule has 0 saturated heterocycles. The molecule has 0 spiro atoms. The summed E-state index contributed by atoms with van der Waals surface area (Å²) in [6.45, 7) is 0. The molecule has 2 aromatic rings. The molecule has 0 aliphatic heterocycles. The second kappa shape index (κ2) is 6.73. The summed E-state index contributed by atoms with van der Waals surface area (Å²) in [6, 6.07) is 10.2. The van der Waals surface area contributed by atoms with E-state index in [-0.39, 0.29) is 5.78 Å². The van der Waals surface area contributed by atoms with Crippen LogP contribution in [0.1, 0.15) is 54.2 Å². The van der Waals surface area contributed by atoms with Gasteiger partial charge in [-0.25, -0.2) is 0 Å². The van der Waals surface area contributed by atoms with Crippen LogP contribution in [0, 0.1) is 3.57 Å². The number of halogens is 1. The van der Waals surface area contributed by atoms with E-state index in [1.807, 2.05) is 36.5 Å². The highest BCUT2D eigenvalue weighted by atomic mass is 127. The molecular formula is C17H19IN2O. The van der Waals surface area contributed by atoms with Crippen LogP contribution in [0.15, 0.2) is 36.5 Å². The zero-order chi connectivity index (χ0) is 14.7. The van der Waals surface area contributed by atoms with Gasteiger partial charge in [0.1, 0.15) is 0 Å². The largest absolute Gasteiger partial charge is 0.294 e. The van der Waals surface area contributed by atoms with Crippen LogP contribution in [0.25, 0.3) is 0 Å². The molecule has 0 atom stereocenters. The Balaban J connectivity index is 1.66. The minimum atomic E-state index is 0.139. The maximum Gasteiger partial charge on any atom is 0.168 e. The third-order valence-corrected chi connectivity index (χ3v) is 4.84. The van der Waals surface area contributed by atoms with Gasteiger partial charge in [0.05, 0.1) is 18.2 Å². The van der Waals surface area contributed by atoms with Gasteiger partial charge >= 0.3 is 0 Å². The van der Waals surface area contributed by atoms with E-state index in [2.05, 4.69) is 32.4 Å². The first-order valence-electron chi connectivity index (χ1n) is 7.55. The van der Waals surface area contributed by atoms with Crippen LogP contribution < -0.4 is 0 Å². The molecule has 0 bridgehead atoms. The summed E-state index contributed by atoms with van der Waals surface area (Å²) in [5.74, 6) is 0.139. The van der Waals surface area contributed by atoms with Gasteiger partial charge in [-0.3, -0.25) is 9.48 Å². The summed E-state index contributed by atoms with van der Waals surface area (Å²) in [5.41, 5.74) is 1.65. The number of hydrogen-bond donors (Lipinski definition) is 0. The molecule has 0 N–H and O–H groups in total. The fourth-order valence-electron chi connectivity index (χ4n) is 2.92. The molecule has 0 radical (unpaired) electrons. The zero-order valence-electron chi connectivity index (χ0n) is 12.0. The highest BCUT2D eigenvalue weighted by molar-refractivity contribution is 14.1. The molecule has 3 rings (SSSR count). The Bertz CT molecular complexity index is 612. The lowest BCUT2D eigenvalue weighted by Gasteiger charge is -2.21. The molecule has 110 valence electrons. The Labute approximate surface area is 138 Å². The van der Waals surface area contributed by atoms with E-state index in [9.17, 15) is 4.79 Å². The van der Waals surface area contributed by atoms with Gasteiger partial charge in [0.25, 0.3) is 0 Å². The second-order valence-electron chi connectivity index (χ2n) is 5.69. The molecule has 1 fully saturated rings. The number of Topliss-reactive ketones (excluding diaryl/α,β-unsaturated/α-hetero) is 1. The standard InChI is InChI=1S/C17H19IN2O/c18-14-8-6-13(7-9-14)17(21)12-15-10-11-20(19-15)16-4-2-1-3-5-16/h6-11,16H,1-5,12H2. The van der Waals surface area contributed by atoms with Crippen LogP contribution in [0.2, 0.25) is 0 Å². The van der Waals surface area contributed by atoms with Gasteiger partial charge in [-0.2, -0.15) is 5.10 Å². The van der Waals surface area contributed by atoms with Gasteiger partial charge in [0.2, 0.25) is 0 Å². The first-order valence-corrected chi connectivity index (χ1v) is 8.63.